The number of rotatable bonds is 4. The predicted molar refractivity (Wildman–Crippen MR) is 108 cm³/mol. The molecule has 5 rings (SSSR count). The second kappa shape index (κ2) is 7.14. The molecule has 0 aliphatic carbocycles. The van der Waals surface area contributed by atoms with E-state index in [1.54, 1.807) is 16.9 Å². The van der Waals surface area contributed by atoms with Gasteiger partial charge in [0.1, 0.15) is 5.52 Å². The molecule has 146 valence electrons. The fourth-order valence-electron chi connectivity index (χ4n) is 3.48. The van der Waals surface area contributed by atoms with Gasteiger partial charge in [0.25, 0.3) is 5.95 Å². The summed E-state index contributed by atoms with van der Waals surface area (Å²) in [4.78, 5) is 22.6. The predicted octanol–water partition coefficient (Wildman–Crippen LogP) is 3.03. The van der Waals surface area contributed by atoms with Crippen LogP contribution in [0.15, 0.2) is 47.1 Å². The summed E-state index contributed by atoms with van der Waals surface area (Å²) in [5.74, 6) is 1.30. The van der Waals surface area contributed by atoms with E-state index in [1.165, 1.54) is 5.56 Å². The number of aldehydes is 1. The van der Waals surface area contributed by atoms with Gasteiger partial charge in [-0.05, 0) is 12.5 Å². The van der Waals surface area contributed by atoms with E-state index < -0.39 is 0 Å². The van der Waals surface area contributed by atoms with Crippen LogP contribution in [0.25, 0.3) is 28.2 Å². The van der Waals surface area contributed by atoms with Gasteiger partial charge in [-0.25, -0.2) is 9.67 Å². The number of anilines is 1. The van der Waals surface area contributed by atoms with E-state index in [2.05, 4.69) is 34.0 Å². The van der Waals surface area contributed by atoms with Crippen LogP contribution in [-0.4, -0.2) is 52.3 Å². The lowest BCUT2D eigenvalue weighted by molar-refractivity contribution is 0.110. The molecule has 0 spiro atoms. The van der Waals surface area contributed by atoms with Gasteiger partial charge in [0.2, 0.25) is 0 Å². The van der Waals surface area contributed by atoms with Gasteiger partial charge >= 0.3 is 0 Å². The van der Waals surface area contributed by atoms with Crippen LogP contribution in [0.1, 0.15) is 16.1 Å². The van der Waals surface area contributed by atoms with Crippen LogP contribution in [0.4, 0.5) is 5.82 Å². The summed E-state index contributed by atoms with van der Waals surface area (Å²) in [7, 11) is 0. The average Bonchev–Trinajstić information content (AvgIpc) is 3.41. The summed E-state index contributed by atoms with van der Waals surface area (Å²) in [5, 5.41) is 4.46. The first-order valence-corrected chi connectivity index (χ1v) is 9.43. The number of carbonyl (C=O) groups excluding carboxylic acids is 1. The first-order valence-electron chi connectivity index (χ1n) is 9.43. The molecule has 0 atom stereocenters. The molecule has 29 heavy (non-hydrogen) atoms. The number of carbonyl (C=O) groups is 1. The molecule has 0 bridgehead atoms. The number of morpholine rings is 1. The highest BCUT2D eigenvalue weighted by Gasteiger charge is 2.21. The van der Waals surface area contributed by atoms with Crippen molar-refractivity contribution in [2.24, 2.45) is 0 Å². The second-order valence-corrected chi connectivity index (χ2v) is 6.97. The normalized spacial score (nSPS) is 14.4. The fourth-order valence-corrected chi connectivity index (χ4v) is 3.48. The van der Waals surface area contributed by atoms with Crippen LogP contribution in [-0.2, 0) is 4.74 Å². The van der Waals surface area contributed by atoms with Crippen LogP contribution in [0.2, 0.25) is 0 Å². The van der Waals surface area contributed by atoms with Crippen molar-refractivity contribution in [1.82, 2.24) is 19.7 Å². The minimum Gasteiger partial charge on any atom is -0.448 e. The lowest BCUT2D eigenvalue weighted by Gasteiger charge is -2.27. The SMILES string of the molecule is Cc1cccc(-c2cnn(-c3nc(N4CCOCC4)c4oc(C=O)cc4n3)c2)c1. The maximum Gasteiger partial charge on any atom is 0.253 e. The van der Waals surface area contributed by atoms with Crippen LogP contribution < -0.4 is 4.90 Å². The standard InChI is InChI=1S/C21H19N5O3/c1-14-3-2-4-15(9-14)16-11-22-26(12-16)21-23-18-10-17(13-27)29-19(18)20(24-21)25-5-7-28-8-6-25/h2-4,9-13H,5-8H2,1H3. The Morgan fingerprint density at radius 2 is 1.97 bits per heavy atom. The molecule has 1 aliphatic heterocycles. The molecule has 4 heterocycles. The molecule has 8 nitrogen and oxygen atoms in total. The monoisotopic (exact) mass is 389 g/mol. The molecule has 0 amide bonds. The highest BCUT2D eigenvalue weighted by atomic mass is 16.5. The van der Waals surface area contributed by atoms with Gasteiger partial charge in [0.05, 0.1) is 19.4 Å². The minimum absolute atomic E-state index is 0.224. The number of hydrogen-bond acceptors (Lipinski definition) is 7. The molecule has 1 saturated heterocycles. The Morgan fingerprint density at radius 1 is 1.10 bits per heavy atom. The van der Waals surface area contributed by atoms with Crippen LogP contribution in [0, 0.1) is 6.92 Å². The highest BCUT2D eigenvalue weighted by molar-refractivity contribution is 5.89. The number of ether oxygens (including phenoxy) is 1. The van der Waals surface area contributed by atoms with Crippen molar-refractivity contribution in [2.75, 3.05) is 31.2 Å². The molecule has 4 aromatic rings. The van der Waals surface area contributed by atoms with Crippen molar-refractivity contribution in [2.45, 2.75) is 6.92 Å². The van der Waals surface area contributed by atoms with Gasteiger partial charge in [-0.3, -0.25) is 4.79 Å². The molecular weight excluding hydrogens is 370 g/mol. The lowest BCUT2D eigenvalue weighted by atomic mass is 10.1. The number of fused-ring (bicyclic) bond motifs is 1. The topological polar surface area (TPSA) is 86.3 Å². The summed E-state index contributed by atoms with van der Waals surface area (Å²) < 4.78 is 12.8. The van der Waals surface area contributed by atoms with Gasteiger partial charge in [-0.2, -0.15) is 10.1 Å². The molecule has 3 aromatic heterocycles. The first-order chi connectivity index (χ1) is 14.2. The smallest absolute Gasteiger partial charge is 0.253 e. The summed E-state index contributed by atoms with van der Waals surface area (Å²) in [6.45, 7) is 4.67. The van der Waals surface area contributed by atoms with Crippen molar-refractivity contribution in [3.8, 4) is 17.1 Å². The zero-order valence-corrected chi connectivity index (χ0v) is 15.9. The quantitative estimate of drug-likeness (QED) is 0.496. The molecule has 0 unspecified atom stereocenters. The van der Waals surface area contributed by atoms with Crippen molar-refractivity contribution in [3.05, 3.63) is 54.0 Å². The average molecular weight is 389 g/mol. The molecule has 8 heteroatoms. The number of aromatic nitrogens is 4. The van der Waals surface area contributed by atoms with Crippen molar-refractivity contribution < 1.29 is 13.9 Å². The Bertz CT molecular complexity index is 1190. The molecule has 0 saturated carbocycles. The zero-order chi connectivity index (χ0) is 19.8. The van der Waals surface area contributed by atoms with E-state index in [0.29, 0.717) is 55.5 Å². The molecule has 1 aromatic carbocycles. The second-order valence-electron chi connectivity index (χ2n) is 6.97. The lowest BCUT2D eigenvalue weighted by Crippen LogP contribution is -2.37. The first kappa shape index (κ1) is 17.6. The summed E-state index contributed by atoms with van der Waals surface area (Å²) in [5.41, 5.74) is 4.32. The number of nitrogens with zero attached hydrogens (tertiary/aromatic N) is 5. The largest absolute Gasteiger partial charge is 0.448 e. The van der Waals surface area contributed by atoms with E-state index in [0.717, 1.165) is 11.1 Å². The van der Waals surface area contributed by atoms with Gasteiger partial charge in [-0.1, -0.05) is 29.8 Å². The van der Waals surface area contributed by atoms with Gasteiger partial charge < -0.3 is 14.1 Å². The van der Waals surface area contributed by atoms with Gasteiger partial charge in [0.15, 0.2) is 23.4 Å². The molecule has 0 N–H and O–H groups in total. The zero-order valence-electron chi connectivity index (χ0n) is 15.9. The minimum atomic E-state index is 0.224. The Hall–Kier alpha value is -3.52. The van der Waals surface area contributed by atoms with E-state index in [9.17, 15) is 4.79 Å². The fraction of sp³-hybridized carbons (Fsp3) is 0.238. The van der Waals surface area contributed by atoms with E-state index >= 15 is 0 Å². The van der Waals surface area contributed by atoms with Crippen LogP contribution in [0.3, 0.4) is 0 Å². The summed E-state index contributed by atoms with van der Waals surface area (Å²) in [6, 6.07) is 9.86. The van der Waals surface area contributed by atoms with Crippen LogP contribution >= 0.6 is 0 Å². The van der Waals surface area contributed by atoms with E-state index in [1.807, 2.05) is 18.3 Å². The maximum atomic E-state index is 11.2. The summed E-state index contributed by atoms with van der Waals surface area (Å²) >= 11 is 0. The Morgan fingerprint density at radius 3 is 2.76 bits per heavy atom. The Labute approximate surface area is 166 Å². The van der Waals surface area contributed by atoms with Crippen LogP contribution in [0.5, 0.6) is 0 Å². The van der Waals surface area contributed by atoms with Gasteiger partial charge in [0, 0.05) is 30.9 Å². The molecule has 1 fully saturated rings. The van der Waals surface area contributed by atoms with Crippen molar-refractivity contribution in [3.63, 3.8) is 0 Å². The third-order valence-electron chi connectivity index (χ3n) is 4.93. The summed E-state index contributed by atoms with van der Waals surface area (Å²) in [6.07, 6.45) is 4.37. The van der Waals surface area contributed by atoms with Crippen molar-refractivity contribution >= 4 is 23.2 Å². The Kier molecular flexibility index (Phi) is 4.33. The number of furan rings is 1. The molecule has 1 aliphatic rings. The van der Waals surface area contributed by atoms with E-state index in [4.69, 9.17) is 14.1 Å². The highest BCUT2D eigenvalue weighted by Crippen LogP contribution is 2.29. The number of benzene rings is 1. The van der Waals surface area contributed by atoms with E-state index in [-0.39, 0.29) is 5.76 Å². The molecule has 0 radical (unpaired) electrons. The number of aryl methyl sites for hydroxylation is 1. The van der Waals surface area contributed by atoms with Crippen molar-refractivity contribution in [1.29, 1.82) is 0 Å². The third-order valence-corrected chi connectivity index (χ3v) is 4.93. The number of hydrogen-bond donors (Lipinski definition) is 0. The van der Waals surface area contributed by atoms with Gasteiger partial charge in [-0.15, -0.1) is 0 Å². The Balaban J connectivity index is 1.60. The maximum absolute atomic E-state index is 11.2. The third kappa shape index (κ3) is 3.27. The molecular formula is C21H19N5O3.